The van der Waals surface area contributed by atoms with E-state index in [9.17, 15) is 4.79 Å². The predicted molar refractivity (Wildman–Crippen MR) is 54.9 cm³/mol. The lowest BCUT2D eigenvalue weighted by Gasteiger charge is -2.26. The fourth-order valence-corrected chi connectivity index (χ4v) is 3.27. The van der Waals surface area contributed by atoms with Crippen LogP contribution in [-0.4, -0.2) is 11.1 Å². The topological polar surface area (TPSA) is 37.3 Å². The summed E-state index contributed by atoms with van der Waals surface area (Å²) in [4.78, 5) is 11.0. The van der Waals surface area contributed by atoms with Gasteiger partial charge in [0, 0.05) is 0 Å². The van der Waals surface area contributed by atoms with Crippen molar-refractivity contribution in [3.8, 4) is 0 Å². The summed E-state index contributed by atoms with van der Waals surface area (Å²) in [6.07, 6.45) is 7.48. The molecule has 1 saturated carbocycles. The van der Waals surface area contributed by atoms with Crippen molar-refractivity contribution in [2.45, 2.75) is 33.1 Å². The maximum Gasteiger partial charge on any atom is 0.307 e. The molecule has 0 saturated heterocycles. The van der Waals surface area contributed by atoms with Gasteiger partial charge >= 0.3 is 5.97 Å². The van der Waals surface area contributed by atoms with Crippen LogP contribution in [-0.2, 0) is 4.79 Å². The lowest BCUT2D eigenvalue weighted by molar-refractivity contribution is -0.142. The first-order valence-electron chi connectivity index (χ1n) is 5.45. The molecule has 2 heteroatoms. The number of allylic oxidation sites excluding steroid dienone is 2. The summed E-state index contributed by atoms with van der Waals surface area (Å²) in [5.74, 6) is 0.251. The molecule has 1 fully saturated rings. The average Bonchev–Trinajstić information content (AvgIpc) is 2.58. The summed E-state index contributed by atoms with van der Waals surface area (Å²) in [5.41, 5.74) is 0.224. The van der Waals surface area contributed by atoms with Gasteiger partial charge < -0.3 is 5.11 Å². The van der Waals surface area contributed by atoms with Gasteiger partial charge in [0.05, 0.1) is 5.92 Å². The molecular weight excluding hydrogens is 176 g/mol. The molecule has 1 N–H and O–H groups in total. The molecule has 2 aliphatic carbocycles. The van der Waals surface area contributed by atoms with Crippen LogP contribution in [0.4, 0.5) is 0 Å². The maximum absolute atomic E-state index is 11.0. The average molecular weight is 194 g/mol. The van der Waals surface area contributed by atoms with E-state index in [1.807, 2.05) is 0 Å². The minimum Gasteiger partial charge on any atom is -0.481 e. The van der Waals surface area contributed by atoms with E-state index in [4.69, 9.17) is 5.11 Å². The Bertz CT molecular complexity index is 280. The second kappa shape index (κ2) is 3.11. The second-order valence-corrected chi connectivity index (χ2v) is 5.34. The lowest BCUT2D eigenvalue weighted by Crippen LogP contribution is -2.21. The number of hydrogen-bond donors (Lipinski definition) is 1. The number of carboxylic acids is 1. The second-order valence-electron chi connectivity index (χ2n) is 5.34. The molecule has 78 valence electrons. The van der Waals surface area contributed by atoms with Gasteiger partial charge in [-0.1, -0.05) is 26.0 Å². The Balaban J connectivity index is 2.12. The zero-order valence-corrected chi connectivity index (χ0v) is 8.86. The van der Waals surface area contributed by atoms with Crippen molar-refractivity contribution in [2.75, 3.05) is 0 Å². The van der Waals surface area contributed by atoms with Gasteiger partial charge in [-0.2, -0.15) is 0 Å². The third-order valence-electron chi connectivity index (χ3n) is 3.61. The molecule has 0 heterocycles. The first-order chi connectivity index (χ1) is 6.52. The lowest BCUT2D eigenvalue weighted by atomic mass is 9.78. The molecule has 14 heavy (non-hydrogen) atoms. The minimum atomic E-state index is -0.606. The molecule has 0 radical (unpaired) electrons. The first kappa shape index (κ1) is 9.75. The van der Waals surface area contributed by atoms with Gasteiger partial charge in [-0.25, -0.2) is 0 Å². The minimum absolute atomic E-state index is 0.112. The highest BCUT2D eigenvalue weighted by molar-refractivity contribution is 5.72. The zero-order chi connectivity index (χ0) is 10.3. The fraction of sp³-hybridized carbons (Fsp3) is 0.750. The Morgan fingerprint density at radius 3 is 2.79 bits per heavy atom. The van der Waals surface area contributed by atoms with Gasteiger partial charge in [-0.05, 0) is 36.5 Å². The quantitative estimate of drug-likeness (QED) is 0.701. The molecule has 0 spiro atoms. The SMILES string of the molecule is CC(C)CC12C=CC(C1)C(C(=O)O)C2. The van der Waals surface area contributed by atoms with Crippen LogP contribution in [0.15, 0.2) is 12.2 Å². The van der Waals surface area contributed by atoms with Crippen LogP contribution in [0, 0.1) is 23.2 Å². The van der Waals surface area contributed by atoms with E-state index in [-0.39, 0.29) is 11.3 Å². The highest BCUT2D eigenvalue weighted by Gasteiger charge is 2.49. The fourth-order valence-electron chi connectivity index (χ4n) is 3.27. The Morgan fingerprint density at radius 1 is 1.57 bits per heavy atom. The molecule has 0 aromatic rings. The molecule has 3 unspecified atom stereocenters. The molecule has 3 atom stereocenters. The zero-order valence-electron chi connectivity index (χ0n) is 8.86. The molecule has 2 rings (SSSR count). The van der Waals surface area contributed by atoms with Crippen molar-refractivity contribution in [3.05, 3.63) is 12.2 Å². The normalized spacial score (nSPS) is 39.6. The summed E-state index contributed by atoms with van der Waals surface area (Å²) in [6, 6.07) is 0. The van der Waals surface area contributed by atoms with Crippen molar-refractivity contribution in [1.29, 1.82) is 0 Å². The monoisotopic (exact) mass is 194 g/mol. The van der Waals surface area contributed by atoms with E-state index in [0.29, 0.717) is 11.8 Å². The Labute approximate surface area is 85.0 Å². The van der Waals surface area contributed by atoms with Crippen LogP contribution in [0.2, 0.25) is 0 Å². The van der Waals surface area contributed by atoms with Gasteiger partial charge in [0.25, 0.3) is 0 Å². The van der Waals surface area contributed by atoms with Gasteiger partial charge in [0.15, 0.2) is 0 Å². The molecule has 0 aromatic carbocycles. The van der Waals surface area contributed by atoms with Crippen molar-refractivity contribution >= 4 is 5.97 Å². The standard InChI is InChI=1S/C12H18O2/c1-8(2)5-12-4-3-9(6-12)10(7-12)11(13)14/h3-4,8-10H,5-7H2,1-2H3,(H,13,14). The number of fused-ring (bicyclic) bond motifs is 2. The molecule has 0 amide bonds. The van der Waals surface area contributed by atoms with Crippen LogP contribution in [0.25, 0.3) is 0 Å². The highest BCUT2D eigenvalue weighted by atomic mass is 16.4. The van der Waals surface area contributed by atoms with Crippen LogP contribution in [0.3, 0.4) is 0 Å². The maximum atomic E-state index is 11.0. The van der Waals surface area contributed by atoms with E-state index >= 15 is 0 Å². The van der Waals surface area contributed by atoms with Crippen LogP contribution < -0.4 is 0 Å². The third kappa shape index (κ3) is 1.47. The van der Waals surface area contributed by atoms with Gasteiger partial charge in [-0.15, -0.1) is 0 Å². The van der Waals surface area contributed by atoms with E-state index in [2.05, 4.69) is 26.0 Å². The highest BCUT2D eigenvalue weighted by Crippen LogP contribution is 2.55. The van der Waals surface area contributed by atoms with Crippen LogP contribution >= 0.6 is 0 Å². The van der Waals surface area contributed by atoms with Gasteiger partial charge in [-0.3, -0.25) is 4.79 Å². The number of carboxylic acid groups (broad SMARTS) is 1. The Morgan fingerprint density at radius 2 is 2.29 bits per heavy atom. The van der Waals surface area contributed by atoms with Gasteiger partial charge in [0.1, 0.15) is 0 Å². The number of aliphatic carboxylic acids is 1. The van der Waals surface area contributed by atoms with Gasteiger partial charge in [0.2, 0.25) is 0 Å². The van der Waals surface area contributed by atoms with E-state index in [0.717, 1.165) is 19.3 Å². The molecule has 2 bridgehead atoms. The molecular formula is C12H18O2. The summed E-state index contributed by atoms with van der Waals surface area (Å²) in [7, 11) is 0. The third-order valence-corrected chi connectivity index (χ3v) is 3.61. The first-order valence-corrected chi connectivity index (χ1v) is 5.45. The summed E-state index contributed by atoms with van der Waals surface area (Å²) < 4.78 is 0. The molecule has 2 nitrogen and oxygen atoms in total. The van der Waals surface area contributed by atoms with Crippen LogP contribution in [0.1, 0.15) is 33.1 Å². The van der Waals surface area contributed by atoms with E-state index < -0.39 is 5.97 Å². The number of carbonyl (C=O) groups is 1. The number of rotatable bonds is 3. The summed E-state index contributed by atoms with van der Waals surface area (Å²) in [5, 5.41) is 9.05. The van der Waals surface area contributed by atoms with Crippen molar-refractivity contribution in [3.63, 3.8) is 0 Å². The largest absolute Gasteiger partial charge is 0.481 e. The van der Waals surface area contributed by atoms with Crippen molar-refractivity contribution in [1.82, 2.24) is 0 Å². The smallest absolute Gasteiger partial charge is 0.307 e. The predicted octanol–water partition coefficient (Wildman–Crippen LogP) is 2.70. The summed E-state index contributed by atoms with van der Waals surface area (Å²) in [6.45, 7) is 4.42. The Kier molecular flexibility index (Phi) is 2.17. The Hall–Kier alpha value is -0.790. The number of hydrogen-bond acceptors (Lipinski definition) is 1. The van der Waals surface area contributed by atoms with Crippen molar-refractivity contribution < 1.29 is 9.90 Å². The van der Waals surface area contributed by atoms with E-state index in [1.165, 1.54) is 0 Å². The molecule has 2 aliphatic rings. The van der Waals surface area contributed by atoms with E-state index in [1.54, 1.807) is 0 Å². The molecule has 0 aromatic heterocycles. The van der Waals surface area contributed by atoms with Crippen molar-refractivity contribution in [2.24, 2.45) is 23.2 Å². The summed E-state index contributed by atoms with van der Waals surface area (Å²) >= 11 is 0. The molecule has 0 aliphatic heterocycles. The van der Waals surface area contributed by atoms with Crippen LogP contribution in [0.5, 0.6) is 0 Å².